The van der Waals surface area contributed by atoms with Crippen LogP contribution in [0, 0.1) is 5.92 Å². The molecule has 1 amide bonds. The number of fused-ring (bicyclic) bond motifs is 2. The average molecular weight is 381 g/mol. The fraction of sp³-hybridized carbons (Fsp3) is 0.409. The maximum atomic E-state index is 12.6. The first kappa shape index (κ1) is 17.2. The van der Waals surface area contributed by atoms with E-state index in [2.05, 4.69) is 11.4 Å². The summed E-state index contributed by atoms with van der Waals surface area (Å²) in [6, 6.07) is 11.8. The molecule has 28 heavy (non-hydrogen) atoms. The third-order valence-corrected chi connectivity index (χ3v) is 5.52. The summed E-state index contributed by atoms with van der Waals surface area (Å²) in [5.41, 5.74) is 2.16. The second kappa shape index (κ2) is 7.26. The van der Waals surface area contributed by atoms with Gasteiger partial charge in [0.1, 0.15) is 13.2 Å². The molecule has 0 spiro atoms. The third-order valence-electron chi connectivity index (χ3n) is 5.52. The minimum atomic E-state index is 0.0597. The van der Waals surface area contributed by atoms with Crippen molar-refractivity contribution in [2.24, 2.45) is 5.92 Å². The summed E-state index contributed by atoms with van der Waals surface area (Å²) in [7, 11) is 0. The molecule has 2 aromatic rings. The van der Waals surface area contributed by atoms with E-state index in [1.165, 1.54) is 12.8 Å². The molecular weight excluding hydrogens is 358 g/mol. The Morgan fingerprint density at radius 2 is 1.64 bits per heavy atom. The van der Waals surface area contributed by atoms with E-state index in [-0.39, 0.29) is 18.6 Å². The molecule has 1 aliphatic carbocycles. The Kier molecular flexibility index (Phi) is 4.47. The maximum absolute atomic E-state index is 12.6. The number of hydrogen-bond acceptors (Lipinski definition) is 5. The molecule has 1 N–H and O–H groups in total. The number of benzene rings is 2. The highest BCUT2D eigenvalue weighted by Crippen LogP contribution is 2.46. The molecule has 0 aromatic heterocycles. The van der Waals surface area contributed by atoms with E-state index in [9.17, 15) is 4.79 Å². The van der Waals surface area contributed by atoms with Crippen LogP contribution in [0.2, 0.25) is 0 Å². The summed E-state index contributed by atoms with van der Waals surface area (Å²) in [6.45, 7) is 1.89. The number of rotatable bonds is 6. The minimum absolute atomic E-state index is 0.0597. The Labute approximate surface area is 163 Å². The number of nitrogens with one attached hydrogen (secondary N) is 1. The van der Waals surface area contributed by atoms with Crippen molar-refractivity contribution in [2.75, 3.05) is 20.0 Å². The maximum Gasteiger partial charge on any atom is 0.231 e. The molecule has 6 heteroatoms. The van der Waals surface area contributed by atoms with Gasteiger partial charge in [0.25, 0.3) is 0 Å². The van der Waals surface area contributed by atoms with E-state index in [0.29, 0.717) is 32.1 Å². The van der Waals surface area contributed by atoms with Crippen LogP contribution in [0.4, 0.5) is 0 Å². The predicted octanol–water partition coefficient (Wildman–Crippen LogP) is 3.39. The third kappa shape index (κ3) is 3.59. The lowest BCUT2D eigenvalue weighted by Gasteiger charge is -2.22. The van der Waals surface area contributed by atoms with Crippen molar-refractivity contribution in [1.29, 1.82) is 0 Å². The second-order valence-electron chi connectivity index (χ2n) is 7.52. The van der Waals surface area contributed by atoms with E-state index < -0.39 is 0 Å². The van der Waals surface area contributed by atoms with Crippen molar-refractivity contribution in [3.63, 3.8) is 0 Å². The van der Waals surface area contributed by atoms with Gasteiger partial charge < -0.3 is 24.3 Å². The van der Waals surface area contributed by atoms with Gasteiger partial charge in [0, 0.05) is 13.0 Å². The van der Waals surface area contributed by atoms with Gasteiger partial charge in [-0.15, -0.1) is 0 Å². The fourth-order valence-corrected chi connectivity index (χ4v) is 3.87. The van der Waals surface area contributed by atoms with Gasteiger partial charge in [0.15, 0.2) is 23.0 Å². The first-order chi connectivity index (χ1) is 13.8. The van der Waals surface area contributed by atoms with Gasteiger partial charge in [-0.05, 0) is 60.1 Å². The normalized spacial score (nSPS) is 17.9. The van der Waals surface area contributed by atoms with E-state index in [4.69, 9.17) is 18.9 Å². The van der Waals surface area contributed by atoms with E-state index in [0.717, 1.165) is 34.1 Å². The van der Waals surface area contributed by atoms with Crippen molar-refractivity contribution in [3.8, 4) is 23.0 Å². The summed E-state index contributed by atoms with van der Waals surface area (Å²) < 4.78 is 22.0. The van der Waals surface area contributed by atoms with Crippen LogP contribution in [0.15, 0.2) is 36.4 Å². The first-order valence-electron chi connectivity index (χ1n) is 9.81. The van der Waals surface area contributed by atoms with Crippen LogP contribution in [-0.2, 0) is 11.3 Å². The van der Waals surface area contributed by atoms with Crippen molar-refractivity contribution in [1.82, 2.24) is 5.32 Å². The quantitative estimate of drug-likeness (QED) is 0.831. The summed E-state index contributed by atoms with van der Waals surface area (Å²) >= 11 is 0. The molecule has 0 radical (unpaired) electrons. The Hall–Kier alpha value is -2.89. The minimum Gasteiger partial charge on any atom is -0.486 e. The molecule has 146 valence electrons. The smallest absolute Gasteiger partial charge is 0.231 e. The predicted molar refractivity (Wildman–Crippen MR) is 102 cm³/mol. The van der Waals surface area contributed by atoms with Gasteiger partial charge in [-0.2, -0.15) is 0 Å². The van der Waals surface area contributed by atoms with Gasteiger partial charge in [0.05, 0.1) is 0 Å². The molecule has 0 bridgehead atoms. The molecule has 5 rings (SSSR count). The van der Waals surface area contributed by atoms with Crippen LogP contribution in [0.3, 0.4) is 0 Å². The summed E-state index contributed by atoms with van der Waals surface area (Å²) in [5, 5.41) is 3.04. The zero-order chi connectivity index (χ0) is 18.9. The highest BCUT2D eigenvalue weighted by atomic mass is 16.7. The monoisotopic (exact) mass is 381 g/mol. The Bertz CT molecular complexity index is 892. The lowest BCUT2D eigenvalue weighted by Crippen LogP contribution is -2.25. The average Bonchev–Trinajstić information content (AvgIpc) is 3.46. The van der Waals surface area contributed by atoms with Gasteiger partial charge in [-0.1, -0.05) is 12.1 Å². The van der Waals surface area contributed by atoms with Crippen LogP contribution < -0.4 is 24.3 Å². The van der Waals surface area contributed by atoms with Gasteiger partial charge in [0.2, 0.25) is 12.7 Å². The van der Waals surface area contributed by atoms with Crippen molar-refractivity contribution in [3.05, 3.63) is 47.5 Å². The second-order valence-corrected chi connectivity index (χ2v) is 7.52. The van der Waals surface area contributed by atoms with Gasteiger partial charge in [-0.25, -0.2) is 0 Å². The van der Waals surface area contributed by atoms with E-state index >= 15 is 0 Å². The summed E-state index contributed by atoms with van der Waals surface area (Å²) in [5.74, 6) is 3.91. The SMILES string of the molecule is O=C(CC(c1ccc2c(c1)OCCO2)C1CC1)NCc1ccc2c(c1)OCO2. The van der Waals surface area contributed by atoms with E-state index in [1.54, 1.807) is 0 Å². The molecule has 6 nitrogen and oxygen atoms in total. The van der Waals surface area contributed by atoms with Crippen LogP contribution >= 0.6 is 0 Å². The zero-order valence-electron chi connectivity index (χ0n) is 15.6. The molecule has 2 heterocycles. The molecule has 3 aliphatic rings. The first-order valence-corrected chi connectivity index (χ1v) is 9.81. The Morgan fingerprint density at radius 3 is 2.50 bits per heavy atom. The lowest BCUT2D eigenvalue weighted by molar-refractivity contribution is -0.121. The standard InChI is InChI=1S/C22H23NO5/c24-22(23-12-14-1-5-19-20(9-14)28-13-27-19)11-17(15-2-3-15)16-4-6-18-21(10-16)26-8-7-25-18/h1,4-6,9-10,15,17H,2-3,7-8,11-13H2,(H,23,24). The highest BCUT2D eigenvalue weighted by Gasteiger charge is 2.34. The molecule has 0 saturated heterocycles. The largest absolute Gasteiger partial charge is 0.486 e. The molecular formula is C22H23NO5. The van der Waals surface area contributed by atoms with E-state index in [1.807, 2.05) is 30.3 Å². The number of amides is 1. The van der Waals surface area contributed by atoms with Crippen LogP contribution in [0.5, 0.6) is 23.0 Å². The van der Waals surface area contributed by atoms with Gasteiger partial charge in [-0.3, -0.25) is 4.79 Å². The van der Waals surface area contributed by atoms with Crippen molar-refractivity contribution in [2.45, 2.75) is 31.7 Å². The number of carbonyl (C=O) groups is 1. The fourth-order valence-electron chi connectivity index (χ4n) is 3.87. The molecule has 1 unspecified atom stereocenters. The molecule has 1 saturated carbocycles. The Morgan fingerprint density at radius 1 is 0.929 bits per heavy atom. The number of hydrogen-bond donors (Lipinski definition) is 1. The summed E-state index contributed by atoms with van der Waals surface area (Å²) in [4.78, 5) is 12.6. The summed E-state index contributed by atoms with van der Waals surface area (Å²) in [6.07, 6.45) is 2.83. The molecule has 1 atom stereocenters. The molecule has 1 fully saturated rings. The highest BCUT2D eigenvalue weighted by molar-refractivity contribution is 5.77. The van der Waals surface area contributed by atoms with Crippen LogP contribution in [-0.4, -0.2) is 25.9 Å². The zero-order valence-corrected chi connectivity index (χ0v) is 15.6. The molecule has 2 aliphatic heterocycles. The number of carbonyl (C=O) groups excluding carboxylic acids is 1. The van der Waals surface area contributed by atoms with Crippen molar-refractivity contribution >= 4 is 5.91 Å². The van der Waals surface area contributed by atoms with Crippen molar-refractivity contribution < 1.29 is 23.7 Å². The van der Waals surface area contributed by atoms with Crippen LogP contribution in [0.1, 0.15) is 36.3 Å². The van der Waals surface area contributed by atoms with Crippen LogP contribution in [0.25, 0.3) is 0 Å². The Balaban J connectivity index is 1.23. The number of ether oxygens (including phenoxy) is 4. The topological polar surface area (TPSA) is 66.0 Å². The lowest BCUT2D eigenvalue weighted by atomic mass is 9.90. The molecule has 2 aromatic carbocycles. The van der Waals surface area contributed by atoms with Gasteiger partial charge >= 0.3 is 0 Å².